The summed E-state index contributed by atoms with van der Waals surface area (Å²) in [5.41, 5.74) is 1.48. The van der Waals surface area contributed by atoms with Crippen LogP contribution in [-0.4, -0.2) is 6.61 Å². The van der Waals surface area contributed by atoms with Crippen molar-refractivity contribution in [2.75, 3.05) is 6.61 Å². The fourth-order valence-electron chi connectivity index (χ4n) is 5.09. The predicted molar refractivity (Wildman–Crippen MR) is 129 cm³/mol. The molecule has 30 heavy (non-hydrogen) atoms. The Balaban J connectivity index is 1.37. The number of unbranched alkanes of at least 4 members (excludes halogenated alkanes) is 2. The Bertz CT molecular complexity index is 673. The van der Waals surface area contributed by atoms with Crippen molar-refractivity contribution in [2.45, 2.75) is 96.8 Å². The monoisotopic (exact) mass is 406 g/mol. The van der Waals surface area contributed by atoms with Crippen LogP contribution in [0.3, 0.4) is 0 Å². The van der Waals surface area contributed by atoms with Crippen molar-refractivity contribution in [3.05, 3.63) is 42.0 Å². The molecular formula is C29H42O. The number of allylic oxidation sites excluding steroid dienone is 2. The lowest BCUT2D eigenvalue weighted by molar-refractivity contribution is 0.304. The van der Waals surface area contributed by atoms with E-state index in [1.807, 2.05) is 0 Å². The van der Waals surface area contributed by atoms with Crippen molar-refractivity contribution in [1.82, 2.24) is 0 Å². The second-order valence-corrected chi connectivity index (χ2v) is 9.51. The lowest BCUT2D eigenvalue weighted by Gasteiger charge is -2.26. The van der Waals surface area contributed by atoms with Gasteiger partial charge in [-0.25, -0.2) is 0 Å². The van der Waals surface area contributed by atoms with Crippen LogP contribution in [0.2, 0.25) is 0 Å². The molecule has 0 radical (unpaired) electrons. The molecule has 0 bridgehead atoms. The molecule has 1 aromatic rings. The highest BCUT2D eigenvalue weighted by atomic mass is 16.5. The van der Waals surface area contributed by atoms with Crippen LogP contribution in [0, 0.1) is 29.6 Å². The molecule has 0 aromatic heterocycles. The molecule has 0 saturated heterocycles. The zero-order valence-electron chi connectivity index (χ0n) is 19.4. The van der Waals surface area contributed by atoms with Crippen LogP contribution in [-0.2, 0) is 0 Å². The highest BCUT2D eigenvalue weighted by Crippen LogP contribution is 2.36. The van der Waals surface area contributed by atoms with Crippen LogP contribution in [0.1, 0.15) is 102 Å². The van der Waals surface area contributed by atoms with E-state index in [4.69, 9.17) is 4.74 Å². The predicted octanol–water partition coefficient (Wildman–Crippen LogP) is 8.31. The topological polar surface area (TPSA) is 9.23 Å². The average molecular weight is 407 g/mol. The lowest BCUT2D eigenvalue weighted by Crippen LogP contribution is -2.12. The summed E-state index contributed by atoms with van der Waals surface area (Å²) in [7, 11) is 0. The van der Waals surface area contributed by atoms with Gasteiger partial charge >= 0.3 is 0 Å². The highest BCUT2D eigenvalue weighted by Gasteiger charge is 2.21. The lowest BCUT2D eigenvalue weighted by atomic mass is 9.79. The summed E-state index contributed by atoms with van der Waals surface area (Å²) in [6, 6.07) is 8.88. The van der Waals surface area contributed by atoms with E-state index in [-0.39, 0.29) is 0 Å². The minimum atomic E-state index is 0.586. The summed E-state index contributed by atoms with van der Waals surface area (Å²) in [5, 5.41) is 0. The second-order valence-electron chi connectivity index (χ2n) is 9.51. The molecule has 3 rings (SSSR count). The van der Waals surface area contributed by atoms with Crippen molar-refractivity contribution >= 4 is 0 Å². The molecule has 1 nitrogen and oxygen atoms in total. The van der Waals surface area contributed by atoms with E-state index < -0.39 is 0 Å². The van der Waals surface area contributed by atoms with Crippen LogP contribution >= 0.6 is 0 Å². The number of rotatable bonds is 8. The third-order valence-electron chi connectivity index (χ3n) is 7.30. The van der Waals surface area contributed by atoms with Crippen molar-refractivity contribution < 1.29 is 4.74 Å². The number of ether oxygens (including phenoxy) is 1. The molecule has 0 atom stereocenters. The Morgan fingerprint density at radius 1 is 0.900 bits per heavy atom. The molecule has 2 saturated carbocycles. The Kier molecular flexibility index (Phi) is 9.88. The smallest absolute Gasteiger partial charge is 0.119 e. The summed E-state index contributed by atoms with van der Waals surface area (Å²) in [5.74, 6) is 11.0. The van der Waals surface area contributed by atoms with Gasteiger partial charge in [-0.3, -0.25) is 0 Å². The van der Waals surface area contributed by atoms with Crippen molar-refractivity contribution in [3.8, 4) is 17.6 Å². The first-order valence-electron chi connectivity index (χ1n) is 12.7. The average Bonchev–Trinajstić information content (AvgIpc) is 2.81. The van der Waals surface area contributed by atoms with Crippen LogP contribution < -0.4 is 4.74 Å². The largest absolute Gasteiger partial charge is 0.494 e. The maximum absolute atomic E-state index is 5.85. The van der Waals surface area contributed by atoms with Crippen molar-refractivity contribution in [3.63, 3.8) is 0 Å². The maximum Gasteiger partial charge on any atom is 0.119 e. The van der Waals surface area contributed by atoms with E-state index in [0.29, 0.717) is 11.8 Å². The molecule has 0 heterocycles. The van der Waals surface area contributed by atoms with Gasteiger partial charge in [0.05, 0.1) is 6.61 Å². The number of hydrogen-bond donors (Lipinski definition) is 0. The van der Waals surface area contributed by atoms with Crippen LogP contribution in [0.25, 0.3) is 0 Å². The summed E-state index contributed by atoms with van der Waals surface area (Å²) in [6.07, 6.45) is 20.1. The fraction of sp³-hybridized carbons (Fsp3) is 0.655. The van der Waals surface area contributed by atoms with E-state index in [0.717, 1.165) is 30.6 Å². The van der Waals surface area contributed by atoms with Gasteiger partial charge in [0, 0.05) is 5.92 Å². The quantitative estimate of drug-likeness (QED) is 0.311. The molecule has 0 aliphatic heterocycles. The zero-order valence-corrected chi connectivity index (χ0v) is 19.4. The van der Waals surface area contributed by atoms with Gasteiger partial charge in [-0.1, -0.05) is 63.2 Å². The summed E-state index contributed by atoms with van der Waals surface area (Å²) in [6.45, 7) is 5.40. The fourth-order valence-corrected chi connectivity index (χ4v) is 5.09. The SMILES string of the molecule is CCCCCOc1ccc(C2CCC(C#C/C=C/C3CCC(CC)CC3)CC2)cc1. The molecule has 1 aromatic carbocycles. The first-order chi connectivity index (χ1) is 14.8. The third kappa shape index (κ3) is 7.54. The molecule has 0 unspecified atom stereocenters. The first-order valence-corrected chi connectivity index (χ1v) is 12.7. The summed E-state index contributed by atoms with van der Waals surface area (Å²) < 4.78 is 5.85. The number of hydrogen-bond acceptors (Lipinski definition) is 1. The van der Waals surface area contributed by atoms with Gasteiger partial charge in [0.25, 0.3) is 0 Å². The molecular weight excluding hydrogens is 364 g/mol. The first kappa shape index (κ1) is 23.0. The van der Waals surface area contributed by atoms with Crippen molar-refractivity contribution in [1.29, 1.82) is 0 Å². The molecule has 2 fully saturated rings. The maximum atomic E-state index is 5.85. The minimum absolute atomic E-state index is 0.586. The molecule has 0 spiro atoms. The van der Waals surface area contributed by atoms with Gasteiger partial charge in [0.15, 0.2) is 0 Å². The van der Waals surface area contributed by atoms with E-state index in [9.17, 15) is 0 Å². The Labute approximate surface area is 185 Å². The molecule has 2 aliphatic rings. The second kappa shape index (κ2) is 12.9. The van der Waals surface area contributed by atoms with Crippen LogP contribution in [0.15, 0.2) is 36.4 Å². The van der Waals surface area contributed by atoms with Gasteiger partial charge in [-0.05, 0) is 99.3 Å². The van der Waals surface area contributed by atoms with Gasteiger partial charge in [-0.15, -0.1) is 0 Å². The van der Waals surface area contributed by atoms with E-state index in [1.54, 1.807) is 0 Å². The van der Waals surface area contributed by atoms with E-state index in [2.05, 4.69) is 62.1 Å². The van der Waals surface area contributed by atoms with Gasteiger partial charge in [0.1, 0.15) is 5.75 Å². The zero-order chi connectivity index (χ0) is 21.0. The number of benzene rings is 1. The van der Waals surface area contributed by atoms with Crippen molar-refractivity contribution in [2.24, 2.45) is 17.8 Å². The Hall–Kier alpha value is -1.68. The Morgan fingerprint density at radius 2 is 1.63 bits per heavy atom. The van der Waals surface area contributed by atoms with E-state index in [1.165, 1.54) is 76.2 Å². The molecule has 2 aliphatic carbocycles. The van der Waals surface area contributed by atoms with Gasteiger partial charge in [0.2, 0.25) is 0 Å². The summed E-state index contributed by atoms with van der Waals surface area (Å²) >= 11 is 0. The highest BCUT2D eigenvalue weighted by molar-refractivity contribution is 5.30. The normalized spacial score (nSPS) is 26.9. The molecule has 0 amide bonds. The minimum Gasteiger partial charge on any atom is -0.494 e. The van der Waals surface area contributed by atoms with Gasteiger partial charge < -0.3 is 4.74 Å². The summed E-state index contributed by atoms with van der Waals surface area (Å²) in [4.78, 5) is 0. The molecule has 164 valence electrons. The molecule has 1 heteroatoms. The third-order valence-corrected chi connectivity index (χ3v) is 7.30. The standard InChI is InChI=1S/C29H42O/c1-3-5-8-23-30-29-21-19-28(20-22-29)27-17-15-26(16-18-27)10-7-6-9-25-13-11-24(4-2)12-14-25/h6,9,19-22,24-27H,3-5,8,11-18,23H2,1-2H3/b9-6+. The van der Waals surface area contributed by atoms with Crippen LogP contribution in [0.4, 0.5) is 0 Å². The molecule has 0 N–H and O–H groups in total. The van der Waals surface area contributed by atoms with E-state index >= 15 is 0 Å². The van der Waals surface area contributed by atoms with Crippen LogP contribution in [0.5, 0.6) is 5.75 Å². The Morgan fingerprint density at radius 3 is 2.30 bits per heavy atom. The van der Waals surface area contributed by atoms with Gasteiger partial charge in [-0.2, -0.15) is 0 Å².